The Balaban J connectivity index is 1.39. The van der Waals surface area contributed by atoms with E-state index in [-0.39, 0.29) is 5.41 Å². The first kappa shape index (κ1) is 13.4. The molecule has 2 atom stereocenters. The maximum absolute atomic E-state index is 11.6. The van der Waals surface area contributed by atoms with E-state index in [0.29, 0.717) is 0 Å². The van der Waals surface area contributed by atoms with Gasteiger partial charge in [0.2, 0.25) is 0 Å². The number of carbonyl (C=O) groups is 1. The van der Waals surface area contributed by atoms with Crippen molar-refractivity contribution in [2.45, 2.75) is 57.8 Å². The lowest BCUT2D eigenvalue weighted by atomic mass is 9.78. The quantitative estimate of drug-likeness (QED) is 0.749. The molecule has 3 heteroatoms. The van der Waals surface area contributed by atoms with Crippen LogP contribution in [0.1, 0.15) is 57.8 Å². The number of unbranched alkanes of at least 4 members (excludes halogenated alkanes) is 1. The summed E-state index contributed by atoms with van der Waals surface area (Å²) in [7, 11) is 0. The minimum Gasteiger partial charge on any atom is -0.481 e. The number of aliphatic carboxylic acids is 1. The molecule has 0 radical (unpaired) electrons. The normalized spacial score (nSPS) is 38.1. The Kier molecular flexibility index (Phi) is 3.84. The van der Waals surface area contributed by atoms with Crippen molar-refractivity contribution in [3.63, 3.8) is 0 Å². The van der Waals surface area contributed by atoms with Crippen molar-refractivity contribution in [2.75, 3.05) is 13.2 Å². The van der Waals surface area contributed by atoms with Crippen molar-refractivity contribution in [1.29, 1.82) is 0 Å². The lowest BCUT2D eigenvalue weighted by molar-refractivity contribution is -0.149. The molecule has 2 saturated carbocycles. The predicted octanol–water partition coefficient (Wildman–Crippen LogP) is 3.47. The van der Waals surface area contributed by atoms with Gasteiger partial charge in [-0.2, -0.15) is 0 Å². The molecule has 2 aliphatic carbocycles. The van der Waals surface area contributed by atoms with Gasteiger partial charge in [-0.15, -0.1) is 0 Å². The molecule has 19 heavy (non-hydrogen) atoms. The summed E-state index contributed by atoms with van der Waals surface area (Å²) < 4.78 is 5.37. The van der Waals surface area contributed by atoms with Crippen LogP contribution in [0, 0.1) is 23.2 Å². The summed E-state index contributed by atoms with van der Waals surface area (Å²) in [6.45, 7) is 1.85. The molecule has 3 rings (SSSR count). The predicted molar refractivity (Wildman–Crippen MR) is 72.9 cm³/mol. The number of ether oxygens (including phenoxy) is 1. The van der Waals surface area contributed by atoms with Gasteiger partial charge in [-0.05, 0) is 56.3 Å². The van der Waals surface area contributed by atoms with Gasteiger partial charge in [-0.3, -0.25) is 4.79 Å². The van der Waals surface area contributed by atoms with Gasteiger partial charge in [-0.25, -0.2) is 0 Å². The summed E-state index contributed by atoms with van der Waals surface area (Å²) >= 11 is 0. The molecule has 3 fully saturated rings. The second-order valence-corrected chi connectivity index (χ2v) is 7.05. The highest BCUT2D eigenvalue weighted by Crippen LogP contribution is 2.61. The molecule has 1 saturated heterocycles. The molecule has 1 heterocycles. The molecule has 1 aliphatic heterocycles. The third-order valence-electron chi connectivity index (χ3n) is 5.69. The van der Waals surface area contributed by atoms with Crippen molar-refractivity contribution in [3.8, 4) is 0 Å². The van der Waals surface area contributed by atoms with Crippen LogP contribution in [0.5, 0.6) is 0 Å². The molecule has 3 nitrogen and oxygen atoms in total. The van der Waals surface area contributed by atoms with E-state index in [2.05, 4.69) is 0 Å². The van der Waals surface area contributed by atoms with Crippen LogP contribution in [0.25, 0.3) is 0 Å². The van der Waals surface area contributed by atoms with Crippen LogP contribution < -0.4 is 0 Å². The van der Waals surface area contributed by atoms with Gasteiger partial charge in [0.1, 0.15) is 0 Å². The van der Waals surface area contributed by atoms with Crippen molar-refractivity contribution >= 4 is 5.97 Å². The molecule has 0 spiro atoms. The topological polar surface area (TPSA) is 46.5 Å². The highest BCUT2D eigenvalue weighted by atomic mass is 16.5. The van der Waals surface area contributed by atoms with E-state index < -0.39 is 5.97 Å². The highest BCUT2D eigenvalue weighted by molar-refractivity contribution is 5.75. The monoisotopic (exact) mass is 266 g/mol. The number of carboxylic acid groups (broad SMARTS) is 1. The van der Waals surface area contributed by atoms with Crippen molar-refractivity contribution < 1.29 is 14.6 Å². The SMILES string of the molecule is O=C(O)C1(CCCCC2CCOCC2)CC2CC2C1. The van der Waals surface area contributed by atoms with Crippen molar-refractivity contribution in [1.82, 2.24) is 0 Å². The lowest BCUT2D eigenvalue weighted by Crippen LogP contribution is -2.29. The van der Waals surface area contributed by atoms with Gasteiger partial charge in [0, 0.05) is 13.2 Å². The molecule has 0 aromatic rings. The first-order valence-electron chi connectivity index (χ1n) is 8.01. The number of hydrogen-bond acceptors (Lipinski definition) is 2. The Hall–Kier alpha value is -0.570. The number of rotatable bonds is 6. The summed E-state index contributed by atoms with van der Waals surface area (Å²) in [5.41, 5.74) is -0.344. The van der Waals surface area contributed by atoms with Crippen LogP contribution in [0.15, 0.2) is 0 Å². The molecule has 1 N–H and O–H groups in total. The summed E-state index contributed by atoms with van der Waals surface area (Å²) in [5.74, 6) is 1.82. The maximum Gasteiger partial charge on any atom is 0.309 e. The van der Waals surface area contributed by atoms with Gasteiger partial charge in [0.25, 0.3) is 0 Å². The third-order valence-corrected chi connectivity index (χ3v) is 5.69. The Morgan fingerprint density at radius 1 is 1.16 bits per heavy atom. The number of hydrogen-bond donors (Lipinski definition) is 1. The molecule has 0 aromatic carbocycles. The summed E-state index contributed by atoms with van der Waals surface area (Å²) in [6.07, 6.45) is 10.1. The van der Waals surface area contributed by atoms with Gasteiger partial charge in [0.15, 0.2) is 0 Å². The second kappa shape index (κ2) is 5.43. The largest absolute Gasteiger partial charge is 0.481 e. The van der Waals surface area contributed by atoms with Gasteiger partial charge in [-0.1, -0.05) is 19.3 Å². The van der Waals surface area contributed by atoms with Gasteiger partial charge < -0.3 is 9.84 Å². The van der Waals surface area contributed by atoms with Crippen LogP contribution in [-0.2, 0) is 9.53 Å². The molecule has 2 unspecified atom stereocenters. The zero-order valence-corrected chi connectivity index (χ0v) is 11.8. The lowest BCUT2D eigenvalue weighted by Gasteiger charge is -2.26. The summed E-state index contributed by atoms with van der Waals surface area (Å²) in [5, 5.41) is 9.53. The first-order chi connectivity index (χ1) is 9.20. The fourth-order valence-corrected chi connectivity index (χ4v) is 4.31. The Labute approximate surface area is 115 Å². The van der Waals surface area contributed by atoms with Gasteiger partial charge >= 0.3 is 5.97 Å². The summed E-state index contributed by atoms with van der Waals surface area (Å²) in [6, 6.07) is 0. The van der Waals surface area contributed by atoms with Crippen LogP contribution >= 0.6 is 0 Å². The molecule has 0 aromatic heterocycles. The van der Waals surface area contributed by atoms with E-state index >= 15 is 0 Å². The molecule has 108 valence electrons. The average Bonchev–Trinajstić information content (AvgIpc) is 3.03. The maximum atomic E-state index is 11.6. The smallest absolute Gasteiger partial charge is 0.309 e. The van der Waals surface area contributed by atoms with Crippen LogP contribution in [-0.4, -0.2) is 24.3 Å². The van der Waals surface area contributed by atoms with Crippen LogP contribution in [0.4, 0.5) is 0 Å². The zero-order valence-electron chi connectivity index (χ0n) is 11.8. The van der Waals surface area contributed by atoms with Gasteiger partial charge in [0.05, 0.1) is 5.41 Å². The third kappa shape index (κ3) is 2.96. The number of fused-ring (bicyclic) bond motifs is 1. The average molecular weight is 266 g/mol. The molecule has 0 bridgehead atoms. The summed E-state index contributed by atoms with van der Waals surface area (Å²) in [4.78, 5) is 11.6. The van der Waals surface area contributed by atoms with E-state index in [4.69, 9.17) is 4.74 Å². The standard InChI is InChI=1S/C16H26O3/c17-15(18)16(10-13-9-14(13)11-16)6-2-1-3-12-4-7-19-8-5-12/h12-14H,1-11H2,(H,17,18). The minimum atomic E-state index is -0.522. The van der Waals surface area contributed by atoms with E-state index in [1.54, 1.807) is 0 Å². The fraction of sp³-hybridized carbons (Fsp3) is 0.938. The Bertz CT molecular complexity index is 323. The minimum absolute atomic E-state index is 0.344. The van der Waals surface area contributed by atoms with Crippen LogP contribution in [0.2, 0.25) is 0 Å². The van der Waals surface area contributed by atoms with E-state index in [9.17, 15) is 9.90 Å². The first-order valence-corrected chi connectivity index (χ1v) is 8.01. The van der Waals surface area contributed by atoms with E-state index in [1.807, 2.05) is 0 Å². The van der Waals surface area contributed by atoms with E-state index in [0.717, 1.165) is 56.7 Å². The Morgan fingerprint density at radius 2 is 1.84 bits per heavy atom. The number of carboxylic acids is 1. The van der Waals surface area contributed by atoms with Crippen molar-refractivity contribution in [2.24, 2.45) is 23.2 Å². The molecular formula is C16H26O3. The molecule has 0 amide bonds. The van der Waals surface area contributed by atoms with E-state index in [1.165, 1.54) is 32.1 Å². The molecule has 3 aliphatic rings. The molecular weight excluding hydrogens is 240 g/mol. The van der Waals surface area contributed by atoms with Crippen LogP contribution in [0.3, 0.4) is 0 Å². The fourth-order valence-electron chi connectivity index (χ4n) is 4.31. The zero-order chi connectivity index (χ0) is 13.3. The van der Waals surface area contributed by atoms with Crippen molar-refractivity contribution in [3.05, 3.63) is 0 Å². The Morgan fingerprint density at radius 3 is 2.47 bits per heavy atom. The highest BCUT2D eigenvalue weighted by Gasteiger charge is 2.56. The second-order valence-electron chi connectivity index (χ2n) is 7.05.